The number of aliphatic hydroxyl groups excluding tert-OH is 1. The lowest BCUT2D eigenvalue weighted by atomic mass is 10.5. The van der Waals surface area contributed by atoms with Gasteiger partial charge in [0.15, 0.2) is 6.23 Å². The van der Waals surface area contributed by atoms with Gasteiger partial charge < -0.3 is 5.11 Å². The third kappa shape index (κ3) is 3.45. The summed E-state index contributed by atoms with van der Waals surface area (Å²) >= 11 is 0. The van der Waals surface area contributed by atoms with Gasteiger partial charge in [-0.15, -0.1) is 10.0 Å². The molecule has 0 saturated heterocycles. The van der Waals surface area contributed by atoms with Gasteiger partial charge in [-0.3, -0.25) is 4.79 Å². The van der Waals surface area contributed by atoms with Gasteiger partial charge in [0.25, 0.3) is 0 Å². The van der Waals surface area contributed by atoms with Crippen LogP contribution >= 0.6 is 0 Å². The van der Waals surface area contributed by atoms with Gasteiger partial charge in [0.2, 0.25) is 0 Å². The van der Waals surface area contributed by atoms with E-state index < -0.39 is 6.23 Å². The number of carbonyl (C=O) groups excluding carboxylic acids is 1. The third-order valence-corrected chi connectivity index (χ3v) is 0.484. The first-order valence-corrected chi connectivity index (χ1v) is 1.97. The predicted molar refractivity (Wildman–Crippen MR) is 25.5 cm³/mol. The van der Waals surface area contributed by atoms with Crippen molar-refractivity contribution in [1.29, 1.82) is 0 Å². The maximum atomic E-state index is 11.0. The van der Waals surface area contributed by atoms with Gasteiger partial charge in [0.05, 0.1) is 0 Å². The monoisotopic (exact) mass is 119 g/mol. The molecule has 0 aliphatic rings. The zero-order valence-corrected chi connectivity index (χ0v) is 4.04. The summed E-state index contributed by atoms with van der Waals surface area (Å²) in [6.07, 6.45) is 1.05. The van der Waals surface area contributed by atoms with Gasteiger partial charge in [0.1, 0.15) is 6.29 Å². The van der Waals surface area contributed by atoms with Gasteiger partial charge >= 0.3 is 0 Å². The largest absolute Gasteiger partial charge is 0.373 e. The van der Waals surface area contributed by atoms with Crippen LogP contribution in [-0.2, 0) is 4.79 Å². The molecule has 0 aromatic heterocycles. The zero-order valence-electron chi connectivity index (χ0n) is 4.04. The van der Waals surface area contributed by atoms with Crippen LogP contribution in [-0.4, -0.2) is 17.6 Å². The highest BCUT2D eigenvalue weighted by Crippen LogP contribution is 1.76. The Morgan fingerprint density at radius 2 is 2.38 bits per heavy atom. The molecule has 0 heterocycles. The summed E-state index contributed by atoms with van der Waals surface area (Å²) in [5.74, 6) is 0. The van der Waals surface area contributed by atoms with Crippen LogP contribution in [0.25, 0.3) is 0 Å². The van der Waals surface area contributed by atoms with Gasteiger partial charge in [-0.25, -0.2) is 0 Å². The van der Waals surface area contributed by atoms with Crippen molar-refractivity contribution >= 4 is 6.29 Å². The normalized spacial score (nSPS) is 14.2. The Labute approximate surface area is 45.8 Å². The molecule has 0 aliphatic carbocycles. The molecule has 0 bridgehead atoms. The fourth-order valence-electron chi connectivity index (χ4n) is 0.187. The number of hydrogen-bond acceptors (Lipinski definition) is 3. The van der Waals surface area contributed by atoms with E-state index in [1.807, 2.05) is 0 Å². The molecule has 0 spiro atoms. The van der Waals surface area contributed by atoms with Crippen molar-refractivity contribution in [2.45, 2.75) is 6.23 Å². The van der Waals surface area contributed by atoms with Crippen LogP contribution in [0.4, 0.5) is 4.48 Å². The summed E-state index contributed by atoms with van der Waals surface area (Å²) in [5, 5.41) is 8.26. The van der Waals surface area contributed by atoms with Crippen LogP contribution in [0, 0.1) is 0 Å². The number of nitrogens with one attached hydrogen (secondary N) is 1. The van der Waals surface area contributed by atoms with E-state index in [9.17, 15) is 9.28 Å². The van der Waals surface area contributed by atoms with Crippen LogP contribution in [0.2, 0.25) is 0 Å². The second-order valence-electron chi connectivity index (χ2n) is 1.07. The van der Waals surface area contributed by atoms with Crippen molar-refractivity contribution in [3.63, 3.8) is 0 Å². The molecule has 2 N–H and O–H groups in total. The molecule has 0 rings (SSSR count). The summed E-state index contributed by atoms with van der Waals surface area (Å²) in [6.45, 7) is 0. The predicted octanol–water partition coefficient (Wildman–Crippen LogP) is -0.466. The fraction of sp³-hybridized carbons (Fsp3) is 0.250. The maximum Gasteiger partial charge on any atom is 0.151 e. The quantitative estimate of drug-likeness (QED) is 0.228. The lowest BCUT2D eigenvalue weighted by Crippen LogP contribution is -2.16. The van der Waals surface area contributed by atoms with Crippen molar-refractivity contribution in [2.24, 2.45) is 0 Å². The third-order valence-electron chi connectivity index (χ3n) is 0.484. The van der Waals surface area contributed by atoms with Gasteiger partial charge in [0, 0.05) is 0 Å². The first kappa shape index (κ1) is 7.26. The average Bonchev–Trinajstić information content (AvgIpc) is 1.83. The van der Waals surface area contributed by atoms with E-state index in [4.69, 9.17) is 5.11 Å². The van der Waals surface area contributed by atoms with Crippen molar-refractivity contribution < 1.29 is 14.4 Å². The molecule has 0 aliphatic heterocycles. The highest BCUT2D eigenvalue weighted by molar-refractivity contribution is 5.64. The number of carbonyl (C=O) groups is 1. The molecular formula is C4H6FNO2. The Bertz CT molecular complexity index is 94.0. The minimum absolute atomic E-state index is 0.445. The second-order valence-corrected chi connectivity index (χ2v) is 1.07. The van der Waals surface area contributed by atoms with E-state index in [-0.39, 0.29) is 0 Å². The highest BCUT2D eigenvalue weighted by Gasteiger charge is 1.90. The van der Waals surface area contributed by atoms with Crippen LogP contribution in [0.15, 0.2) is 12.2 Å². The zero-order chi connectivity index (χ0) is 6.41. The molecule has 0 fully saturated rings. The molecule has 0 aromatic rings. The topological polar surface area (TPSA) is 49.3 Å². The maximum absolute atomic E-state index is 11.0. The van der Waals surface area contributed by atoms with E-state index in [2.05, 4.69) is 0 Å². The SMILES string of the molecule is O=C/C=C\C(O)NF. The highest BCUT2D eigenvalue weighted by atomic mass is 19.2. The Kier molecular flexibility index (Phi) is 4.01. The molecular weight excluding hydrogens is 113 g/mol. The number of aldehydes is 1. The fourth-order valence-corrected chi connectivity index (χ4v) is 0.187. The van der Waals surface area contributed by atoms with Gasteiger partial charge in [-0.1, -0.05) is 0 Å². The number of allylic oxidation sites excluding steroid dienone is 1. The summed E-state index contributed by atoms with van der Waals surface area (Å²) in [5.41, 5.74) is 1.01. The summed E-state index contributed by atoms with van der Waals surface area (Å²) in [6, 6.07) is 0. The Hall–Kier alpha value is -0.740. The van der Waals surface area contributed by atoms with E-state index >= 15 is 0 Å². The van der Waals surface area contributed by atoms with E-state index in [1.165, 1.54) is 0 Å². The Morgan fingerprint density at radius 3 is 2.75 bits per heavy atom. The molecule has 0 aromatic carbocycles. The molecule has 1 unspecified atom stereocenters. The molecule has 4 heteroatoms. The molecule has 0 radical (unpaired) electrons. The first-order chi connectivity index (χ1) is 3.81. The second kappa shape index (κ2) is 4.42. The Balaban J connectivity index is 3.35. The van der Waals surface area contributed by atoms with Crippen LogP contribution in [0.1, 0.15) is 0 Å². The molecule has 8 heavy (non-hydrogen) atoms. The number of hydrogen-bond donors (Lipinski definition) is 2. The van der Waals surface area contributed by atoms with Crippen molar-refractivity contribution in [3.8, 4) is 0 Å². The van der Waals surface area contributed by atoms with E-state index in [0.717, 1.165) is 17.7 Å². The molecule has 3 nitrogen and oxygen atoms in total. The number of rotatable bonds is 3. The molecule has 0 amide bonds. The number of aliphatic hydroxyl groups is 1. The summed E-state index contributed by atoms with van der Waals surface area (Å²) < 4.78 is 11.0. The van der Waals surface area contributed by atoms with E-state index in [0.29, 0.717) is 6.29 Å². The average molecular weight is 119 g/mol. The van der Waals surface area contributed by atoms with Crippen LogP contribution < -0.4 is 5.54 Å². The minimum atomic E-state index is -1.37. The van der Waals surface area contributed by atoms with Crippen LogP contribution in [0.5, 0.6) is 0 Å². The summed E-state index contributed by atoms with van der Waals surface area (Å²) in [4.78, 5) is 9.48. The smallest absolute Gasteiger partial charge is 0.151 e. The number of halogens is 1. The van der Waals surface area contributed by atoms with Crippen LogP contribution in [0.3, 0.4) is 0 Å². The first-order valence-electron chi connectivity index (χ1n) is 1.97. The van der Waals surface area contributed by atoms with E-state index in [1.54, 1.807) is 0 Å². The molecule has 0 saturated carbocycles. The minimum Gasteiger partial charge on any atom is -0.373 e. The molecule has 1 atom stereocenters. The standard InChI is InChI=1S/C4H6FNO2/c5-6-4(8)2-1-3-7/h1-4,6,8H/b2-1-. The van der Waals surface area contributed by atoms with Crippen molar-refractivity contribution in [2.75, 3.05) is 0 Å². The Morgan fingerprint density at radius 1 is 1.75 bits per heavy atom. The summed E-state index contributed by atoms with van der Waals surface area (Å²) in [7, 11) is 0. The lowest BCUT2D eigenvalue weighted by Gasteiger charge is -1.94. The van der Waals surface area contributed by atoms with Crippen molar-refractivity contribution in [1.82, 2.24) is 5.54 Å². The lowest BCUT2D eigenvalue weighted by molar-refractivity contribution is -0.104. The van der Waals surface area contributed by atoms with Crippen molar-refractivity contribution in [3.05, 3.63) is 12.2 Å². The molecule has 46 valence electrons. The van der Waals surface area contributed by atoms with Gasteiger partial charge in [-0.05, 0) is 12.2 Å². The van der Waals surface area contributed by atoms with Gasteiger partial charge in [-0.2, -0.15) is 0 Å².